The third-order valence-corrected chi connectivity index (χ3v) is 6.53. The number of nitrogens with one attached hydrogen (secondary N) is 1. The van der Waals surface area contributed by atoms with Crippen LogP contribution in [-0.2, 0) is 0 Å². The average Bonchev–Trinajstić information content (AvgIpc) is 2.62. The molecule has 2 nitrogen and oxygen atoms in total. The Hall–Kier alpha value is -1.80. The van der Waals surface area contributed by atoms with Gasteiger partial charge in [-0.2, -0.15) is 0 Å². The lowest BCUT2D eigenvalue weighted by atomic mass is 9.54. The largest absolute Gasteiger partial charge is 0.277 e. The first kappa shape index (κ1) is 14.5. The summed E-state index contributed by atoms with van der Waals surface area (Å²) in [6, 6.07) is 22.2. The van der Waals surface area contributed by atoms with Crippen LogP contribution in [0.1, 0.15) is 32.1 Å². The fraction of sp³-hybridized carbons (Fsp3) is 0.455. The minimum atomic E-state index is 0.637. The van der Waals surface area contributed by atoms with E-state index in [2.05, 4.69) is 71.1 Å². The third kappa shape index (κ3) is 2.53. The van der Waals surface area contributed by atoms with E-state index in [1.54, 1.807) is 0 Å². The molecule has 0 spiro atoms. The maximum Gasteiger partial charge on any atom is 0.0577 e. The highest BCUT2D eigenvalue weighted by atomic mass is 15.5. The first-order chi connectivity index (χ1) is 11.9. The molecule has 0 unspecified atom stereocenters. The highest BCUT2D eigenvalue weighted by Gasteiger charge is 2.48. The fourth-order valence-electron chi connectivity index (χ4n) is 5.74. The van der Waals surface area contributed by atoms with Gasteiger partial charge < -0.3 is 0 Å². The van der Waals surface area contributed by atoms with Gasteiger partial charge in [0, 0.05) is 6.04 Å². The number of benzene rings is 2. The number of anilines is 2. The van der Waals surface area contributed by atoms with Gasteiger partial charge >= 0.3 is 0 Å². The normalized spacial score (nSPS) is 33.6. The molecule has 1 N–H and O–H groups in total. The van der Waals surface area contributed by atoms with E-state index in [0.29, 0.717) is 6.04 Å². The van der Waals surface area contributed by atoms with Crippen LogP contribution in [-0.4, -0.2) is 6.04 Å². The lowest BCUT2D eigenvalue weighted by Gasteiger charge is -2.55. The molecule has 124 valence electrons. The molecule has 4 aliphatic rings. The molecule has 24 heavy (non-hydrogen) atoms. The summed E-state index contributed by atoms with van der Waals surface area (Å²) in [5.74, 6) is 3.78. The second-order valence-electron chi connectivity index (χ2n) is 8.09. The van der Waals surface area contributed by atoms with Gasteiger partial charge in [-0.3, -0.25) is 5.01 Å². The molecular formula is C22H26N2. The van der Waals surface area contributed by atoms with Gasteiger partial charge in [0.1, 0.15) is 0 Å². The predicted octanol–water partition coefficient (Wildman–Crippen LogP) is 5.15. The molecule has 2 aromatic rings. The van der Waals surface area contributed by atoms with Crippen LogP contribution in [0.2, 0.25) is 0 Å². The summed E-state index contributed by atoms with van der Waals surface area (Å²) >= 11 is 0. The van der Waals surface area contributed by atoms with Gasteiger partial charge in [0.15, 0.2) is 0 Å². The Labute approximate surface area is 144 Å². The average molecular weight is 318 g/mol. The zero-order valence-electron chi connectivity index (χ0n) is 14.1. The van der Waals surface area contributed by atoms with Gasteiger partial charge in [0.25, 0.3) is 0 Å². The lowest BCUT2D eigenvalue weighted by Crippen LogP contribution is -2.58. The van der Waals surface area contributed by atoms with E-state index >= 15 is 0 Å². The van der Waals surface area contributed by atoms with Crippen LogP contribution in [0.4, 0.5) is 11.4 Å². The van der Waals surface area contributed by atoms with Crippen LogP contribution in [0.5, 0.6) is 0 Å². The maximum absolute atomic E-state index is 3.96. The molecule has 0 saturated heterocycles. The summed E-state index contributed by atoms with van der Waals surface area (Å²) in [6.45, 7) is 0. The molecule has 2 heteroatoms. The monoisotopic (exact) mass is 318 g/mol. The molecule has 0 heterocycles. The van der Waals surface area contributed by atoms with Gasteiger partial charge in [0.2, 0.25) is 0 Å². The zero-order chi connectivity index (χ0) is 15.9. The molecule has 0 radical (unpaired) electrons. The Morgan fingerprint density at radius 2 is 1.08 bits per heavy atom. The van der Waals surface area contributed by atoms with E-state index in [9.17, 15) is 0 Å². The van der Waals surface area contributed by atoms with Gasteiger partial charge in [-0.25, -0.2) is 5.43 Å². The second kappa shape index (κ2) is 5.93. The number of hydrogen-bond acceptors (Lipinski definition) is 2. The van der Waals surface area contributed by atoms with Crippen LogP contribution in [0.15, 0.2) is 60.7 Å². The van der Waals surface area contributed by atoms with E-state index in [1.165, 1.54) is 43.5 Å². The molecular weight excluding hydrogens is 292 g/mol. The van der Waals surface area contributed by atoms with Crippen molar-refractivity contribution >= 4 is 11.4 Å². The van der Waals surface area contributed by atoms with Crippen molar-refractivity contribution in [3.63, 3.8) is 0 Å². The Morgan fingerprint density at radius 3 is 1.54 bits per heavy atom. The van der Waals surface area contributed by atoms with Crippen LogP contribution >= 0.6 is 0 Å². The van der Waals surface area contributed by atoms with E-state index in [1.807, 2.05) is 0 Å². The topological polar surface area (TPSA) is 15.3 Å². The van der Waals surface area contributed by atoms with Crippen molar-refractivity contribution in [2.24, 2.45) is 23.7 Å². The van der Waals surface area contributed by atoms with Crippen molar-refractivity contribution in [1.29, 1.82) is 0 Å². The summed E-state index contributed by atoms with van der Waals surface area (Å²) in [6.07, 6.45) is 7.30. The summed E-state index contributed by atoms with van der Waals surface area (Å²) in [5, 5.41) is 2.33. The maximum atomic E-state index is 3.96. The van der Waals surface area contributed by atoms with Gasteiger partial charge in [-0.1, -0.05) is 36.4 Å². The molecule has 0 atom stereocenters. The van der Waals surface area contributed by atoms with E-state index in [0.717, 1.165) is 23.7 Å². The molecule has 0 aromatic heterocycles. The van der Waals surface area contributed by atoms with Crippen molar-refractivity contribution in [2.75, 3.05) is 5.01 Å². The molecule has 0 aliphatic heterocycles. The summed E-state index contributed by atoms with van der Waals surface area (Å²) < 4.78 is 0. The quantitative estimate of drug-likeness (QED) is 0.784. The summed E-state index contributed by atoms with van der Waals surface area (Å²) in [4.78, 5) is 0. The van der Waals surface area contributed by atoms with E-state index < -0.39 is 0 Å². The fourth-order valence-corrected chi connectivity index (χ4v) is 5.74. The van der Waals surface area contributed by atoms with Gasteiger partial charge in [-0.15, -0.1) is 0 Å². The first-order valence-electron chi connectivity index (χ1n) is 9.53. The standard InChI is InChI=1S/C22H26N2/c1-3-7-20(8-4-1)24(21-9-5-2-6-10-21)23-22-18-12-16-11-17(14-18)15-19(22)13-16/h1-10,16-19,22-23H,11-15H2. The van der Waals surface area contributed by atoms with Crippen LogP contribution in [0, 0.1) is 23.7 Å². The van der Waals surface area contributed by atoms with Crippen LogP contribution in [0.3, 0.4) is 0 Å². The Balaban J connectivity index is 1.45. The van der Waals surface area contributed by atoms with Crippen LogP contribution in [0.25, 0.3) is 0 Å². The van der Waals surface area contributed by atoms with Crippen molar-refractivity contribution < 1.29 is 0 Å². The second-order valence-corrected chi connectivity index (χ2v) is 8.09. The molecule has 0 amide bonds. The minimum Gasteiger partial charge on any atom is -0.277 e. The van der Waals surface area contributed by atoms with Crippen molar-refractivity contribution in [3.8, 4) is 0 Å². The molecule has 4 fully saturated rings. The smallest absolute Gasteiger partial charge is 0.0577 e. The van der Waals surface area contributed by atoms with Crippen molar-refractivity contribution in [3.05, 3.63) is 60.7 Å². The first-order valence-corrected chi connectivity index (χ1v) is 9.53. The highest BCUT2D eigenvalue weighted by Crippen LogP contribution is 2.54. The minimum absolute atomic E-state index is 0.637. The van der Waals surface area contributed by atoms with Crippen LogP contribution < -0.4 is 10.4 Å². The van der Waals surface area contributed by atoms with Gasteiger partial charge in [0.05, 0.1) is 11.4 Å². The highest BCUT2D eigenvalue weighted by molar-refractivity contribution is 5.61. The number of hydrazine groups is 1. The molecule has 2 aromatic carbocycles. The van der Waals surface area contributed by atoms with E-state index in [4.69, 9.17) is 0 Å². The molecule has 4 bridgehead atoms. The Bertz CT molecular complexity index is 614. The number of para-hydroxylation sites is 2. The van der Waals surface area contributed by atoms with E-state index in [-0.39, 0.29) is 0 Å². The zero-order valence-corrected chi connectivity index (χ0v) is 14.1. The third-order valence-electron chi connectivity index (χ3n) is 6.53. The molecule has 4 saturated carbocycles. The Morgan fingerprint density at radius 1 is 0.625 bits per heavy atom. The number of nitrogens with zero attached hydrogens (tertiary/aromatic N) is 1. The SMILES string of the molecule is c1ccc(N(NC2C3CC4CC(C3)CC2C4)c2ccccc2)cc1. The lowest BCUT2D eigenvalue weighted by molar-refractivity contribution is -0.0135. The number of rotatable bonds is 4. The van der Waals surface area contributed by atoms with Crippen molar-refractivity contribution in [1.82, 2.24) is 5.43 Å². The summed E-state index contributed by atoms with van der Waals surface area (Å²) in [5.41, 5.74) is 6.43. The molecule has 6 rings (SSSR count). The molecule has 4 aliphatic carbocycles. The van der Waals surface area contributed by atoms with Crippen molar-refractivity contribution in [2.45, 2.75) is 38.1 Å². The summed E-state index contributed by atoms with van der Waals surface area (Å²) in [7, 11) is 0. The predicted molar refractivity (Wildman–Crippen MR) is 99.0 cm³/mol. The Kier molecular flexibility index (Phi) is 3.59. The number of hydrogen-bond donors (Lipinski definition) is 1. The van der Waals surface area contributed by atoms with Gasteiger partial charge in [-0.05, 0) is 80.0 Å².